The molecule has 2 atom stereocenters. The molecule has 0 spiro atoms. The lowest BCUT2D eigenvalue weighted by Gasteiger charge is -2.34. The summed E-state index contributed by atoms with van der Waals surface area (Å²) >= 11 is 0. The number of hydrogen-bond acceptors (Lipinski definition) is 3. The van der Waals surface area contributed by atoms with Crippen LogP contribution in [0, 0.1) is 6.92 Å². The van der Waals surface area contributed by atoms with Crippen LogP contribution in [0.25, 0.3) is 0 Å². The number of carbonyl (C=O) groups excluding carboxylic acids is 1. The molecule has 0 radical (unpaired) electrons. The monoisotopic (exact) mass is 275 g/mol. The van der Waals surface area contributed by atoms with Crippen molar-refractivity contribution in [3.8, 4) is 0 Å². The van der Waals surface area contributed by atoms with Crippen LogP contribution in [0.15, 0.2) is 24.3 Å². The Hall–Kier alpha value is -1.39. The van der Waals surface area contributed by atoms with Crippen LogP contribution in [-0.4, -0.2) is 43.2 Å². The smallest absolute Gasteiger partial charge is 0.251 e. The van der Waals surface area contributed by atoms with Crippen LogP contribution in [0.4, 0.5) is 0 Å². The van der Waals surface area contributed by atoms with Gasteiger partial charge in [-0.15, -0.1) is 0 Å². The first-order chi connectivity index (χ1) is 9.74. The fourth-order valence-corrected chi connectivity index (χ4v) is 2.81. The molecule has 0 aromatic heterocycles. The molecule has 108 valence electrons. The Morgan fingerprint density at radius 3 is 2.70 bits per heavy atom. The average molecular weight is 275 g/mol. The van der Waals surface area contributed by atoms with Gasteiger partial charge in [-0.05, 0) is 25.3 Å². The van der Waals surface area contributed by atoms with Gasteiger partial charge in [0, 0.05) is 13.2 Å². The van der Waals surface area contributed by atoms with Crippen LogP contribution in [-0.2, 0) is 14.3 Å². The van der Waals surface area contributed by atoms with E-state index in [1.807, 2.05) is 4.90 Å². The van der Waals surface area contributed by atoms with Crippen molar-refractivity contribution in [2.45, 2.75) is 32.0 Å². The quantitative estimate of drug-likeness (QED) is 0.829. The van der Waals surface area contributed by atoms with Crippen molar-refractivity contribution >= 4 is 5.91 Å². The van der Waals surface area contributed by atoms with E-state index in [1.54, 1.807) is 0 Å². The van der Waals surface area contributed by atoms with Gasteiger partial charge in [0.25, 0.3) is 5.91 Å². The summed E-state index contributed by atoms with van der Waals surface area (Å²) in [5, 5.41) is 0. The molecule has 0 unspecified atom stereocenters. The van der Waals surface area contributed by atoms with Gasteiger partial charge in [-0.3, -0.25) is 4.79 Å². The predicted octanol–water partition coefficient (Wildman–Crippen LogP) is 2.07. The maximum Gasteiger partial charge on any atom is 0.251 e. The molecule has 2 fully saturated rings. The Labute approximate surface area is 119 Å². The molecule has 2 aliphatic heterocycles. The van der Waals surface area contributed by atoms with Gasteiger partial charge < -0.3 is 14.4 Å². The second-order valence-corrected chi connectivity index (χ2v) is 5.56. The van der Waals surface area contributed by atoms with Crippen LogP contribution in [0.1, 0.15) is 30.1 Å². The van der Waals surface area contributed by atoms with Gasteiger partial charge in [0.15, 0.2) is 0 Å². The normalized spacial score (nSPS) is 26.8. The van der Waals surface area contributed by atoms with Gasteiger partial charge in [0.05, 0.1) is 13.2 Å². The third-order valence-corrected chi connectivity index (χ3v) is 4.03. The molecule has 0 bridgehead atoms. The average Bonchev–Trinajstić information content (AvgIpc) is 3.01. The molecule has 2 aliphatic rings. The molecule has 4 nitrogen and oxygen atoms in total. The lowest BCUT2D eigenvalue weighted by molar-refractivity contribution is -0.148. The van der Waals surface area contributed by atoms with Crippen molar-refractivity contribution in [3.63, 3.8) is 0 Å². The summed E-state index contributed by atoms with van der Waals surface area (Å²) in [6.07, 6.45) is 1.59. The number of ether oxygens (including phenoxy) is 2. The van der Waals surface area contributed by atoms with Crippen molar-refractivity contribution in [3.05, 3.63) is 35.4 Å². The van der Waals surface area contributed by atoms with Crippen LogP contribution >= 0.6 is 0 Å². The molecule has 1 aromatic rings. The summed E-state index contributed by atoms with van der Waals surface area (Å²) in [5.74, 6) is 0.128. The van der Waals surface area contributed by atoms with Crippen molar-refractivity contribution in [2.75, 3.05) is 26.3 Å². The predicted molar refractivity (Wildman–Crippen MR) is 75.4 cm³/mol. The number of benzene rings is 1. The third kappa shape index (κ3) is 2.86. The summed E-state index contributed by atoms with van der Waals surface area (Å²) < 4.78 is 11.3. The Kier molecular flexibility index (Phi) is 4.03. The van der Waals surface area contributed by atoms with Gasteiger partial charge in [-0.1, -0.05) is 29.8 Å². The molecule has 20 heavy (non-hydrogen) atoms. The van der Waals surface area contributed by atoms with Gasteiger partial charge in [-0.25, -0.2) is 0 Å². The SMILES string of the molecule is Cc1ccc([C@@H]2CN(C(=O)[C@H]3CCCO3)CCO2)cc1. The lowest BCUT2D eigenvalue weighted by Crippen LogP contribution is -2.46. The van der Waals surface area contributed by atoms with E-state index in [2.05, 4.69) is 31.2 Å². The largest absolute Gasteiger partial charge is 0.370 e. The van der Waals surface area contributed by atoms with Crippen LogP contribution in [0.2, 0.25) is 0 Å². The highest BCUT2D eigenvalue weighted by molar-refractivity contribution is 5.81. The molecule has 3 rings (SSSR count). The van der Waals surface area contributed by atoms with Crippen molar-refractivity contribution in [1.82, 2.24) is 4.90 Å². The van der Waals surface area contributed by atoms with Crippen LogP contribution in [0.5, 0.6) is 0 Å². The molecular formula is C16H21NO3. The van der Waals surface area contributed by atoms with Gasteiger partial charge >= 0.3 is 0 Å². The molecule has 0 aliphatic carbocycles. The first kappa shape index (κ1) is 13.6. The Balaban J connectivity index is 1.66. The number of aryl methyl sites for hydroxylation is 1. The minimum absolute atomic E-state index is 0.0188. The van der Waals surface area contributed by atoms with E-state index in [0.717, 1.165) is 18.4 Å². The molecule has 2 heterocycles. The Bertz CT molecular complexity index is 465. The first-order valence-corrected chi connectivity index (χ1v) is 7.32. The molecule has 4 heteroatoms. The highest BCUT2D eigenvalue weighted by Gasteiger charge is 2.32. The highest BCUT2D eigenvalue weighted by Crippen LogP contribution is 2.24. The fraction of sp³-hybridized carbons (Fsp3) is 0.562. The number of hydrogen-bond donors (Lipinski definition) is 0. The number of amides is 1. The molecular weight excluding hydrogens is 254 g/mol. The van der Waals surface area contributed by atoms with E-state index in [1.165, 1.54) is 5.56 Å². The van der Waals surface area contributed by atoms with E-state index in [9.17, 15) is 4.79 Å². The number of rotatable bonds is 2. The van der Waals surface area contributed by atoms with Gasteiger partial charge in [0.2, 0.25) is 0 Å². The zero-order valence-electron chi connectivity index (χ0n) is 11.9. The van der Waals surface area contributed by atoms with Crippen molar-refractivity contribution < 1.29 is 14.3 Å². The second-order valence-electron chi connectivity index (χ2n) is 5.56. The zero-order chi connectivity index (χ0) is 13.9. The molecule has 1 aromatic carbocycles. The first-order valence-electron chi connectivity index (χ1n) is 7.32. The minimum Gasteiger partial charge on any atom is -0.370 e. The maximum atomic E-state index is 12.4. The topological polar surface area (TPSA) is 38.8 Å². The Morgan fingerprint density at radius 1 is 1.20 bits per heavy atom. The van der Waals surface area contributed by atoms with Crippen LogP contribution in [0.3, 0.4) is 0 Å². The standard InChI is InChI=1S/C16H21NO3/c1-12-4-6-13(7-5-12)15-11-17(8-10-20-15)16(18)14-3-2-9-19-14/h4-7,14-15H,2-3,8-11H2,1H3/t14-,15+/m1/s1. The van der Waals surface area contributed by atoms with Crippen molar-refractivity contribution in [1.29, 1.82) is 0 Å². The molecule has 2 saturated heterocycles. The number of nitrogens with zero attached hydrogens (tertiary/aromatic N) is 1. The van der Waals surface area contributed by atoms with Gasteiger partial charge in [0.1, 0.15) is 12.2 Å². The third-order valence-electron chi connectivity index (χ3n) is 4.03. The lowest BCUT2D eigenvalue weighted by atomic mass is 10.1. The van der Waals surface area contributed by atoms with E-state index >= 15 is 0 Å². The maximum absolute atomic E-state index is 12.4. The zero-order valence-corrected chi connectivity index (χ0v) is 11.9. The summed E-state index contributed by atoms with van der Waals surface area (Å²) in [6, 6.07) is 8.33. The summed E-state index contributed by atoms with van der Waals surface area (Å²) in [6.45, 7) is 4.67. The van der Waals surface area contributed by atoms with E-state index in [4.69, 9.17) is 9.47 Å². The van der Waals surface area contributed by atoms with E-state index in [-0.39, 0.29) is 18.1 Å². The summed E-state index contributed by atoms with van der Waals surface area (Å²) in [5.41, 5.74) is 2.37. The van der Waals surface area contributed by atoms with Gasteiger partial charge in [-0.2, -0.15) is 0 Å². The van der Waals surface area contributed by atoms with E-state index in [0.29, 0.717) is 26.3 Å². The van der Waals surface area contributed by atoms with E-state index < -0.39 is 0 Å². The second kappa shape index (κ2) is 5.94. The molecule has 1 amide bonds. The highest BCUT2D eigenvalue weighted by atomic mass is 16.5. The minimum atomic E-state index is -0.230. The van der Waals surface area contributed by atoms with Crippen LogP contribution < -0.4 is 0 Å². The Morgan fingerprint density at radius 2 is 2.00 bits per heavy atom. The van der Waals surface area contributed by atoms with Crippen molar-refractivity contribution in [2.24, 2.45) is 0 Å². The molecule has 0 N–H and O–H groups in total. The number of carbonyl (C=O) groups is 1. The number of morpholine rings is 1. The molecule has 0 saturated carbocycles. The summed E-state index contributed by atoms with van der Waals surface area (Å²) in [7, 11) is 0. The fourth-order valence-electron chi connectivity index (χ4n) is 2.81. The summed E-state index contributed by atoms with van der Waals surface area (Å²) in [4.78, 5) is 14.3.